The van der Waals surface area contributed by atoms with Crippen LogP contribution in [0.2, 0.25) is 0 Å². The van der Waals surface area contributed by atoms with Gasteiger partial charge in [-0.3, -0.25) is 0 Å². The summed E-state index contributed by atoms with van der Waals surface area (Å²) in [5, 5.41) is 3.93. The van der Waals surface area contributed by atoms with Crippen LogP contribution in [0.3, 0.4) is 0 Å². The zero-order valence-corrected chi connectivity index (χ0v) is 12.6. The third-order valence-electron chi connectivity index (χ3n) is 3.13. The maximum Gasteiger partial charge on any atom is 0.202 e. The zero-order chi connectivity index (χ0) is 14.6. The van der Waals surface area contributed by atoms with Gasteiger partial charge in [-0.15, -0.1) is 0 Å². The van der Waals surface area contributed by atoms with Crippen LogP contribution in [0.25, 0.3) is 0 Å². The fraction of sp³-hybridized carbons (Fsp3) is 0.429. The Morgan fingerprint density at radius 1 is 1.30 bits per heavy atom. The third-order valence-corrected chi connectivity index (χ3v) is 3.81. The summed E-state index contributed by atoms with van der Waals surface area (Å²) in [4.78, 5) is 4.50. The van der Waals surface area contributed by atoms with Gasteiger partial charge in [-0.1, -0.05) is 12.1 Å². The number of nitrogens with one attached hydrogen (secondary N) is 1. The second-order valence-corrected chi connectivity index (χ2v) is 5.73. The molecule has 0 bridgehead atoms. The van der Waals surface area contributed by atoms with Crippen molar-refractivity contribution in [2.24, 2.45) is 0 Å². The van der Waals surface area contributed by atoms with Crippen molar-refractivity contribution in [3.05, 3.63) is 41.5 Å². The molecule has 1 N–H and O–H groups in total. The minimum Gasteiger partial charge on any atom is -0.383 e. The van der Waals surface area contributed by atoms with E-state index in [1.54, 1.807) is 19.2 Å². The smallest absolute Gasteiger partial charge is 0.202 e. The summed E-state index contributed by atoms with van der Waals surface area (Å²) in [5.74, 6) is 0.492. The Bertz CT molecular complexity index is 554. The molecule has 0 unspecified atom stereocenters. The summed E-state index contributed by atoms with van der Waals surface area (Å²) in [6, 6.07) is 6.46. The van der Waals surface area contributed by atoms with Crippen molar-refractivity contribution in [1.29, 1.82) is 0 Å². The zero-order valence-electron chi connectivity index (χ0n) is 11.8. The number of halogens is 1. The van der Waals surface area contributed by atoms with Gasteiger partial charge in [0.1, 0.15) is 5.82 Å². The van der Waals surface area contributed by atoms with E-state index in [2.05, 4.69) is 14.7 Å². The summed E-state index contributed by atoms with van der Waals surface area (Å²) < 4.78 is 22.4. The predicted octanol–water partition coefficient (Wildman–Crippen LogP) is 3.06. The first-order valence-corrected chi connectivity index (χ1v) is 7.14. The number of nitrogens with zero attached hydrogens (tertiary/aromatic N) is 2. The van der Waals surface area contributed by atoms with Crippen LogP contribution >= 0.6 is 11.5 Å². The van der Waals surface area contributed by atoms with E-state index in [1.807, 2.05) is 13.8 Å². The van der Waals surface area contributed by atoms with E-state index in [0.717, 1.165) is 16.5 Å². The molecule has 0 saturated carbocycles. The molecular weight excluding hydrogens is 277 g/mol. The van der Waals surface area contributed by atoms with Gasteiger partial charge >= 0.3 is 0 Å². The van der Waals surface area contributed by atoms with Gasteiger partial charge in [0, 0.05) is 25.2 Å². The van der Waals surface area contributed by atoms with Gasteiger partial charge in [0.25, 0.3) is 0 Å². The van der Waals surface area contributed by atoms with Gasteiger partial charge in [0.15, 0.2) is 5.82 Å². The standard InChI is InChI=1S/C14H18FN3OS/c1-14(2,10-4-6-11(15)7-5-10)12-17-13(20-18-12)16-8-9-19-3/h4-7H,8-9H2,1-3H3,(H,16,17,18). The van der Waals surface area contributed by atoms with E-state index in [9.17, 15) is 4.39 Å². The fourth-order valence-electron chi connectivity index (χ4n) is 1.80. The quantitative estimate of drug-likeness (QED) is 0.832. The van der Waals surface area contributed by atoms with Crippen LogP contribution in [-0.2, 0) is 10.2 Å². The number of ether oxygens (including phenoxy) is 1. The van der Waals surface area contributed by atoms with Crippen LogP contribution in [0, 0.1) is 5.82 Å². The molecular formula is C14H18FN3OS. The lowest BCUT2D eigenvalue weighted by Gasteiger charge is -2.21. The lowest BCUT2D eigenvalue weighted by atomic mass is 9.84. The molecule has 0 saturated heterocycles. The molecule has 0 spiro atoms. The second-order valence-electron chi connectivity index (χ2n) is 4.97. The molecule has 0 aliphatic heterocycles. The Labute approximate surface area is 122 Å². The van der Waals surface area contributed by atoms with Crippen molar-refractivity contribution in [3.63, 3.8) is 0 Å². The lowest BCUT2D eigenvalue weighted by molar-refractivity contribution is 0.211. The number of aromatic nitrogens is 2. The van der Waals surface area contributed by atoms with Crippen molar-refractivity contribution in [2.75, 3.05) is 25.6 Å². The molecule has 2 rings (SSSR count). The summed E-state index contributed by atoms with van der Waals surface area (Å²) >= 11 is 1.32. The van der Waals surface area contributed by atoms with Gasteiger partial charge in [0.2, 0.25) is 5.13 Å². The van der Waals surface area contributed by atoms with Crippen molar-refractivity contribution in [1.82, 2.24) is 9.36 Å². The Morgan fingerprint density at radius 2 is 2.00 bits per heavy atom. The van der Waals surface area contributed by atoms with Crippen molar-refractivity contribution in [3.8, 4) is 0 Å². The average Bonchev–Trinajstić information content (AvgIpc) is 2.89. The minimum absolute atomic E-state index is 0.238. The first-order chi connectivity index (χ1) is 9.54. The molecule has 0 atom stereocenters. The number of hydrogen-bond acceptors (Lipinski definition) is 5. The second kappa shape index (κ2) is 6.28. The molecule has 4 nitrogen and oxygen atoms in total. The van der Waals surface area contributed by atoms with Gasteiger partial charge in [-0.25, -0.2) is 9.37 Å². The molecule has 1 aromatic carbocycles. The molecule has 1 aromatic heterocycles. The topological polar surface area (TPSA) is 47.0 Å². The molecule has 1 heterocycles. The molecule has 0 amide bonds. The Morgan fingerprint density at radius 3 is 2.65 bits per heavy atom. The molecule has 0 aliphatic rings. The Kier molecular flexibility index (Phi) is 4.67. The molecule has 20 heavy (non-hydrogen) atoms. The number of rotatable bonds is 6. The monoisotopic (exact) mass is 295 g/mol. The summed E-state index contributed by atoms with van der Waals surface area (Å²) in [6.45, 7) is 5.38. The molecule has 0 fully saturated rings. The highest BCUT2D eigenvalue weighted by Crippen LogP contribution is 2.31. The van der Waals surface area contributed by atoms with E-state index in [1.165, 1.54) is 23.7 Å². The molecule has 0 radical (unpaired) electrons. The number of methoxy groups -OCH3 is 1. The average molecular weight is 295 g/mol. The summed E-state index contributed by atoms with van der Waals surface area (Å²) in [6.07, 6.45) is 0. The largest absolute Gasteiger partial charge is 0.383 e. The third kappa shape index (κ3) is 3.32. The highest BCUT2D eigenvalue weighted by Gasteiger charge is 2.27. The van der Waals surface area contributed by atoms with E-state index in [0.29, 0.717) is 13.2 Å². The molecule has 108 valence electrons. The van der Waals surface area contributed by atoms with Gasteiger partial charge in [-0.2, -0.15) is 4.37 Å². The number of benzene rings is 1. The maximum absolute atomic E-state index is 13.0. The van der Waals surface area contributed by atoms with Crippen molar-refractivity contribution >= 4 is 16.7 Å². The van der Waals surface area contributed by atoms with E-state index in [-0.39, 0.29) is 11.2 Å². The van der Waals surface area contributed by atoms with Crippen LogP contribution < -0.4 is 5.32 Å². The highest BCUT2D eigenvalue weighted by atomic mass is 32.1. The number of hydrogen-bond donors (Lipinski definition) is 1. The Hall–Kier alpha value is -1.53. The van der Waals surface area contributed by atoms with Gasteiger partial charge < -0.3 is 10.1 Å². The van der Waals surface area contributed by atoms with Gasteiger partial charge in [0.05, 0.1) is 12.0 Å². The first-order valence-electron chi connectivity index (χ1n) is 6.37. The lowest BCUT2D eigenvalue weighted by Crippen LogP contribution is -2.20. The van der Waals surface area contributed by atoms with Crippen LogP contribution in [0.15, 0.2) is 24.3 Å². The molecule has 6 heteroatoms. The molecule has 2 aromatic rings. The summed E-state index contributed by atoms with van der Waals surface area (Å²) in [5.41, 5.74) is 0.630. The van der Waals surface area contributed by atoms with Crippen molar-refractivity contribution < 1.29 is 9.13 Å². The SMILES string of the molecule is COCCNc1nc(C(C)(C)c2ccc(F)cc2)ns1. The fourth-order valence-corrected chi connectivity index (χ4v) is 2.54. The summed E-state index contributed by atoms with van der Waals surface area (Å²) in [7, 11) is 1.66. The van der Waals surface area contributed by atoms with Crippen LogP contribution in [0.5, 0.6) is 0 Å². The number of anilines is 1. The maximum atomic E-state index is 13.0. The van der Waals surface area contributed by atoms with Crippen LogP contribution in [-0.4, -0.2) is 29.6 Å². The van der Waals surface area contributed by atoms with Crippen LogP contribution in [0.4, 0.5) is 9.52 Å². The van der Waals surface area contributed by atoms with E-state index < -0.39 is 0 Å². The minimum atomic E-state index is -0.356. The highest BCUT2D eigenvalue weighted by molar-refractivity contribution is 7.09. The van der Waals surface area contributed by atoms with Crippen LogP contribution in [0.1, 0.15) is 25.2 Å². The van der Waals surface area contributed by atoms with Crippen molar-refractivity contribution in [2.45, 2.75) is 19.3 Å². The van der Waals surface area contributed by atoms with E-state index >= 15 is 0 Å². The van der Waals surface area contributed by atoms with Gasteiger partial charge in [-0.05, 0) is 31.5 Å². The molecule has 0 aliphatic carbocycles. The van der Waals surface area contributed by atoms with E-state index in [4.69, 9.17) is 4.74 Å². The normalized spacial score (nSPS) is 11.6. The predicted molar refractivity (Wildman–Crippen MR) is 78.8 cm³/mol. The first kappa shape index (κ1) is 14.9. The Balaban J connectivity index is 2.15.